The highest BCUT2D eigenvalue weighted by molar-refractivity contribution is 5.83. The van der Waals surface area contributed by atoms with Crippen LogP contribution in [0.3, 0.4) is 0 Å². The van der Waals surface area contributed by atoms with E-state index in [-0.39, 0.29) is 18.4 Å². The van der Waals surface area contributed by atoms with Gasteiger partial charge in [0.05, 0.1) is 0 Å². The molecule has 1 rings (SSSR count). The topological polar surface area (TPSA) is 98.7 Å². The van der Waals surface area contributed by atoms with E-state index in [9.17, 15) is 14.4 Å². The second-order valence-electron chi connectivity index (χ2n) is 4.46. The molecule has 0 aromatic carbocycles. The van der Waals surface area contributed by atoms with Gasteiger partial charge in [0, 0.05) is 26.6 Å². The van der Waals surface area contributed by atoms with Crippen LogP contribution in [0.4, 0.5) is 4.79 Å². The van der Waals surface area contributed by atoms with Crippen LogP contribution in [-0.2, 0) is 9.59 Å². The molecule has 102 valence electrons. The molecule has 0 bridgehead atoms. The van der Waals surface area contributed by atoms with E-state index >= 15 is 0 Å². The number of carboxylic acid groups (broad SMARTS) is 1. The Hall–Kier alpha value is -1.79. The van der Waals surface area contributed by atoms with E-state index in [2.05, 4.69) is 10.6 Å². The lowest BCUT2D eigenvalue weighted by Gasteiger charge is -2.23. The summed E-state index contributed by atoms with van der Waals surface area (Å²) < 4.78 is 0. The Labute approximate surface area is 106 Å². The summed E-state index contributed by atoms with van der Waals surface area (Å²) in [6, 6.07) is -1.15. The molecule has 0 radical (unpaired) electrons. The van der Waals surface area contributed by atoms with Crippen LogP contribution >= 0.6 is 0 Å². The van der Waals surface area contributed by atoms with Gasteiger partial charge in [0.15, 0.2) is 0 Å². The van der Waals surface area contributed by atoms with Gasteiger partial charge in [0.1, 0.15) is 6.04 Å². The molecule has 3 N–H and O–H groups in total. The van der Waals surface area contributed by atoms with E-state index in [1.165, 1.54) is 11.8 Å². The fraction of sp³-hybridized carbons (Fsp3) is 0.727. The molecule has 1 aliphatic heterocycles. The number of hydrogen-bond acceptors (Lipinski definition) is 3. The maximum absolute atomic E-state index is 11.8. The van der Waals surface area contributed by atoms with Crippen molar-refractivity contribution in [1.82, 2.24) is 15.5 Å². The number of rotatable bonds is 4. The van der Waals surface area contributed by atoms with Crippen molar-refractivity contribution in [1.29, 1.82) is 0 Å². The average Bonchev–Trinajstić information content (AvgIpc) is 2.66. The Morgan fingerprint density at radius 1 is 1.28 bits per heavy atom. The van der Waals surface area contributed by atoms with Gasteiger partial charge < -0.3 is 20.6 Å². The van der Waals surface area contributed by atoms with E-state index < -0.39 is 18.0 Å². The number of nitrogens with zero attached hydrogens (tertiary/aromatic N) is 1. The number of nitrogens with one attached hydrogen (secondary N) is 2. The lowest BCUT2D eigenvalue weighted by molar-refractivity contribution is -0.142. The van der Waals surface area contributed by atoms with Gasteiger partial charge in [-0.2, -0.15) is 0 Å². The SMILES string of the molecule is CC(=O)NCCNC(=O)N1CCC(C)C1C(=O)O. The normalized spacial score (nSPS) is 22.7. The van der Waals surface area contributed by atoms with Crippen LogP contribution in [0.5, 0.6) is 0 Å². The summed E-state index contributed by atoms with van der Waals surface area (Å²) in [6.07, 6.45) is 0.691. The van der Waals surface area contributed by atoms with Gasteiger partial charge in [-0.3, -0.25) is 4.79 Å². The molecule has 2 unspecified atom stereocenters. The molecular weight excluding hydrogens is 238 g/mol. The predicted molar refractivity (Wildman–Crippen MR) is 64.0 cm³/mol. The molecule has 1 aliphatic rings. The largest absolute Gasteiger partial charge is 0.480 e. The third kappa shape index (κ3) is 3.61. The zero-order valence-corrected chi connectivity index (χ0v) is 10.6. The first-order valence-corrected chi connectivity index (χ1v) is 5.95. The molecule has 3 amide bonds. The maximum atomic E-state index is 11.8. The number of carbonyl (C=O) groups is 3. The number of likely N-dealkylation sites (tertiary alicyclic amines) is 1. The molecule has 2 atom stereocenters. The Morgan fingerprint density at radius 3 is 2.44 bits per heavy atom. The smallest absolute Gasteiger partial charge is 0.326 e. The van der Waals surface area contributed by atoms with E-state index in [0.29, 0.717) is 19.5 Å². The van der Waals surface area contributed by atoms with Crippen molar-refractivity contribution in [3.63, 3.8) is 0 Å². The fourth-order valence-corrected chi connectivity index (χ4v) is 2.06. The summed E-state index contributed by atoms with van der Waals surface area (Å²) in [7, 11) is 0. The Morgan fingerprint density at radius 2 is 1.89 bits per heavy atom. The van der Waals surface area contributed by atoms with Crippen LogP contribution in [0, 0.1) is 5.92 Å². The first-order chi connectivity index (χ1) is 8.43. The molecule has 0 spiro atoms. The molecule has 0 aliphatic carbocycles. The Bertz CT molecular complexity index is 345. The number of amides is 3. The van der Waals surface area contributed by atoms with E-state index in [1.54, 1.807) is 0 Å². The fourth-order valence-electron chi connectivity index (χ4n) is 2.06. The standard InChI is InChI=1S/C11H19N3O4/c1-7-3-6-14(9(7)10(16)17)11(18)13-5-4-12-8(2)15/h7,9H,3-6H2,1-2H3,(H,12,15)(H,13,18)(H,16,17). The summed E-state index contributed by atoms with van der Waals surface area (Å²) in [5.74, 6) is -1.18. The van der Waals surface area contributed by atoms with Crippen LogP contribution in [0.15, 0.2) is 0 Å². The minimum absolute atomic E-state index is 0.0383. The molecule has 1 fully saturated rings. The first-order valence-electron chi connectivity index (χ1n) is 5.95. The average molecular weight is 257 g/mol. The van der Waals surface area contributed by atoms with Crippen molar-refractivity contribution in [2.24, 2.45) is 5.92 Å². The van der Waals surface area contributed by atoms with Crippen LogP contribution in [-0.4, -0.2) is 53.6 Å². The highest BCUT2D eigenvalue weighted by Gasteiger charge is 2.39. The van der Waals surface area contributed by atoms with Crippen molar-refractivity contribution in [3.8, 4) is 0 Å². The number of hydrogen-bond donors (Lipinski definition) is 3. The van der Waals surface area contributed by atoms with Gasteiger partial charge >= 0.3 is 12.0 Å². The van der Waals surface area contributed by atoms with Gasteiger partial charge in [0.2, 0.25) is 5.91 Å². The zero-order chi connectivity index (χ0) is 13.7. The van der Waals surface area contributed by atoms with Gasteiger partial charge in [-0.1, -0.05) is 6.92 Å². The summed E-state index contributed by atoms with van der Waals surface area (Å²) in [5.41, 5.74) is 0. The van der Waals surface area contributed by atoms with Crippen molar-refractivity contribution in [2.75, 3.05) is 19.6 Å². The molecule has 0 aromatic heterocycles. The van der Waals surface area contributed by atoms with Crippen molar-refractivity contribution >= 4 is 17.9 Å². The number of carboxylic acids is 1. The van der Waals surface area contributed by atoms with Gasteiger partial charge in [-0.15, -0.1) is 0 Å². The zero-order valence-electron chi connectivity index (χ0n) is 10.6. The number of aliphatic carboxylic acids is 1. The highest BCUT2D eigenvalue weighted by Crippen LogP contribution is 2.23. The molecule has 7 heteroatoms. The monoisotopic (exact) mass is 257 g/mol. The first kappa shape index (κ1) is 14.3. The quantitative estimate of drug-likeness (QED) is 0.598. The van der Waals surface area contributed by atoms with Gasteiger partial charge in [-0.25, -0.2) is 9.59 Å². The number of carbonyl (C=O) groups excluding carboxylic acids is 2. The summed E-state index contributed by atoms with van der Waals surface area (Å²) in [4.78, 5) is 34.8. The molecule has 0 saturated carbocycles. The van der Waals surface area contributed by atoms with Crippen molar-refractivity contribution < 1.29 is 19.5 Å². The van der Waals surface area contributed by atoms with Crippen LogP contribution in [0.1, 0.15) is 20.3 Å². The van der Waals surface area contributed by atoms with Crippen LogP contribution < -0.4 is 10.6 Å². The molecule has 1 saturated heterocycles. The molecule has 18 heavy (non-hydrogen) atoms. The summed E-state index contributed by atoms with van der Waals surface area (Å²) in [5, 5.41) is 14.2. The molecule has 7 nitrogen and oxygen atoms in total. The van der Waals surface area contributed by atoms with E-state index in [1.807, 2.05) is 6.92 Å². The third-order valence-electron chi connectivity index (χ3n) is 2.99. The van der Waals surface area contributed by atoms with Crippen LogP contribution in [0.25, 0.3) is 0 Å². The minimum Gasteiger partial charge on any atom is -0.480 e. The van der Waals surface area contributed by atoms with Crippen LogP contribution in [0.2, 0.25) is 0 Å². The number of urea groups is 1. The maximum Gasteiger partial charge on any atom is 0.326 e. The minimum atomic E-state index is -0.975. The summed E-state index contributed by atoms with van der Waals surface area (Å²) in [6.45, 7) is 4.29. The summed E-state index contributed by atoms with van der Waals surface area (Å²) >= 11 is 0. The molecule has 0 aromatic rings. The predicted octanol–water partition coefficient (Wildman–Crippen LogP) is -0.373. The lowest BCUT2D eigenvalue weighted by Crippen LogP contribution is -2.48. The molecular formula is C11H19N3O4. The lowest BCUT2D eigenvalue weighted by atomic mass is 10.0. The second-order valence-corrected chi connectivity index (χ2v) is 4.46. The Kier molecular flexibility index (Phi) is 4.94. The van der Waals surface area contributed by atoms with Crippen molar-refractivity contribution in [3.05, 3.63) is 0 Å². The van der Waals surface area contributed by atoms with E-state index in [4.69, 9.17) is 5.11 Å². The van der Waals surface area contributed by atoms with E-state index in [0.717, 1.165) is 0 Å². The second kappa shape index (κ2) is 6.23. The van der Waals surface area contributed by atoms with Crippen molar-refractivity contribution in [2.45, 2.75) is 26.3 Å². The van der Waals surface area contributed by atoms with Gasteiger partial charge in [0.25, 0.3) is 0 Å². The third-order valence-corrected chi connectivity index (χ3v) is 2.99. The highest BCUT2D eigenvalue weighted by atomic mass is 16.4. The molecule has 1 heterocycles. The Balaban J connectivity index is 2.41. The van der Waals surface area contributed by atoms with Gasteiger partial charge in [-0.05, 0) is 12.3 Å².